The van der Waals surface area contributed by atoms with E-state index >= 15 is 0 Å². The highest BCUT2D eigenvalue weighted by atomic mass is 16.6. The Balaban J connectivity index is 2.43. The van der Waals surface area contributed by atoms with Crippen LogP contribution >= 0.6 is 0 Å². The molecule has 0 spiro atoms. The highest BCUT2D eigenvalue weighted by molar-refractivity contribution is 5.85. The molecule has 0 amide bonds. The largest absolute Gasteiger partial charge is 0.489 e. The van der Waals surface area contributed by atoms with Crippen molar-refractivity contribution in [3.8, 4) is 5.75 Å². The first-order chi connectivity index (χ1) is 8.08. The Bertz CT molecular complexity index is 685. The number of H-pyrrole nitrogens is 1. The lowest BCUT2D eigenvalue weighted by Gasteiger charge is -2.21. The zero-order chi connectivity index (χ0) is 12.2. The second kappa shape index (κ2) is 3.09. The Kier molecular flexibility index (Phi) is 1.80. The summed E-state index contributed by atoms with van der Waals surface area (Å²) in [5, 5.41) is 10.7. The number of imidazole rings is 1. The number of hydrogen-bond donors (Lipinski definition) is 1. The van der Waals surface area contributed by atoms with E-state index in [0.717, 1.165) is 0 Å². The van der Waals surface area contributed by atoms with Crippen LogP contribution in [-0.4, -0.2) is 21.1 Å². The molecule has 0 bridgehead atoms. The fraction of sp³-hybridized carbons (Fsp3) is 0.300. The molecule has 1 aromatic heterocycles. The molecule has 0 unspecified atom stereocenters. The van der Waals surface area contributed by atoms with Gasteiger partial charge in [0.25, 0.3) is 5.69 Å². The topological polar surface area (TPSA) is 90.2 Å². The predicted octanol–water partition coefficient (Wildman–Crippen LogP) is 1.19. The van der Waals surface area contributed by atoms with Gasteiger partial charge < -0.3 is 9.72 Å². The third kappa shape index (κ3) is 1.25. The molecule has 0 radical (unpaired) electrons. The van der Waals surface area contributed by atoms with Gasteiger partial charge in [0, 0.05) is 6.07 Å². The molecule has 0 saturated heterocycles. The minimum Gasteiger partial charge on any atom is -0.489 e. The average molecular weight is 235 g/mol. The molecule has 17 heavy (non-hydrogen) atoms. The van der Waals surface area contributed by atoms with E-state index in [1.54, 1.807) is 4.57 Å². The molecule has 7 nitrogen and oxygen atoms in total. The van der Waals surface area contributed by atoms with Crippen molar-refractivity contribution in [3.63, 3.8) is 0 Å². The molecular weight excluding hydrogens is 226 g/mol. The minimum absolute atomic E-state index is 0.0785. The summed E-state index contributed by atoms with van der Waals surface area (Å²) in [6.07, 6.45) is 0. The average Bonchev–Trinajstić information content (AvgIpc) is 2.61. The van der Waals surface area contributed by atoms with E-state index in [2.05, 4.69) is 4.98 Å². The number of nitro benzene ring substituents is 1. The van der Waals surface area contributed by atoms with Crippen molar-refractivity contribution in [1.82, 2.24) is 9.55 Å². The second-order valence-electron chi connectivity index (χ2n) is 4.06. The third-order valence-corrected chi connectivity index (χ3v) is 2.89. The number of hydrogen-bond acceptors (Lipinski definition) is 4. The molecule has 2 heterocycles. The fourth-order valence-corrected chi connectivity index (χ4v) is 2.13. The molecule has 0 fully saturated rings. The van der Waals surface area contributed by atoms with Crippen LogP contribution in [0.4, 0.5) is 5.69 Å². The van der Waals surface area contributed by atoms with Gasteiger partial charge in [-0.3, -0.25) is 14.7 Å². The molecule has 1 aromatic carbocycles. The van der Waals surface area contributed by atoms with E-state index < -0.39 is 4.92 Å². The number of nitrogens with one attached hydrogen (secondary N) is 1. The van der Waals surface area contributed by atoms with Crippen molar-refractivity contribution < 1.29 is 9.66 Å². The van der Waals surface area contributed by atoms with Crippen molar-refractivity contribution in [2.45, 2.75) is 13.0 Å². The van der Waals surface area contributed by atoms with Gasteiger partial charge in [0.15, 0.2) is 5.75 Å². The van der Waals surface area contributed by atoms with Crippen LogP contribution in [0.3, 0.4) is 0 Å². The van der Waals surface area contributed by atoms with Crippen molar-refractivity contribution in [1.29, 1.82) is 0 Å². The first kappa shape index (κ1) is 9.88. The van der Waals surface area contributed by atoms with Gasteiger partial charge in [0.2, 0.25) is 0 Å². The van der Waals surface area contributed by atoms with Gasteiger partial charge in [-0.05, 0) is 6.92 Å². The third-order valence-electron chi connectivity index (χ3n) is 2.89. The number of ether oxygens (including phenoxy) is 1. The van der Waals surface area contributed by atoms with Crippen LogP contribution < -0.4 is 10.4 Å². The van der Waals surface area contributed by atoms with Gasteiger partial charge in [-0.1, -0.05) is 0 Å². The lowest BCUT2D eigenvalue weighted by atomic mass is 10.2. The number of aromatic nitrogens is 2. The summed E-state index contributed by atoms with van der Waals surface area (Å²) in [4.78, 5) is 24.6. The summed E-state index contributed by atoms with van der Waals surface area (Å²) in [5.74, 6) is 0.380. The Morgan fingerprint density at radius 2 is 2.35 bits per heavy atom. The molecule has 0 aliphatic carbocycles. The Labute approximate surface area is 94.8 Å². The van der Waals surface area contributed by atoms with E-state index in [9.17, 15) is 14.9 Å². The first-order valence-electron chi connectivity index (χ1n) is 5.13. The fourth-order valence-electron chi connectivity index (χ4n) is 2.13. The van der Waals surface area contributed by atoms with E-state index in [0.29, 0.717) is 23.4 Å². The summed E-state index contributed by atoms with van der Waals surface area (Å²) in [7, 11) is 0. The maximum atomic E-state index is 11.7. The SMILES string of the molecule is C[C@H]1COc2cc([N+](=O)[O-])cc3[nH]c(=O)n1c23. The monoisotopic (exact) mass is 235 g/mol. The standard InChI is InChI=1S/C10H9N3O4/c1-5-4-17-8-3-6(13(15)16)2-7-9(8)12(5)10(14)11-7/h2-3,5H,4H2,1H3,(H,11,14)/t5-/m0/s1. The molecule has 88 valence electrons. The van der Waals surface area contributed by atoms with Crippen molar-refractivity contribution in [2.24, 2.45) is 0 Å². The number of nitrogens with zero attached hydrogens (tertiary/aromatic N) is 2. The maximum Gasteiger partial charge on any atom is 0.326 e. The predicted molar refractivity (Wildman–Crippen MR) is 59.4 cm³/mol. The summed E-state index contributed by atoms with van der Waals surface area (Å²) in [6, 6.07) is 2.61. The summed E-state index contributed by atoms with van der Waals surface area (Å²) < 4.78 is 7.00. The molecule has 7 heteroatoms. The lowest BCUT2D eigenvalue weighted by molar-refractivity contribution is -0.384. The van der Waals surface area contributed by atoms with Crippen LogP contribution in [0.15, 0.2) is 16.9 Å². The van der Waals surface area contributed by atoms with Crippen molar-refractivity contribution >= 4 is 16.7 Å². The van der Waals surface area contributed by atoms with Gasteiger partial charge in [-0.2, -0.15) is 0 Å². The molecule has 2 aromatic rings. The molecule has 3 rings (SSSR count). The Morgan fingerprint density at radius 1 is 1.59 bits per heavy atom. The van der Waals surface area contributed by atoms with Crippen molar-refractivity contribution in [3.05, 3.63) is 32.7 Å². The number of nitro groups is 1. The van der Waals surface area contributed by atoms with E-state index in [1.807, 2.05) is 6.92 Å². The Hall–Kier alpha value is -2.31. The molecule has 0 saturated carbocycles. The molecule has 1 aliphatic rings. The molecule has 1 aliphatic heterocycles. The van der Waals surface area contributed by atoms with E-state index in [1.165, 1.54) is 12.1 Å². The zero-order valence-corrected chi connectivity index (χ0v) is 8.97. The van der Waals surface area contributed by atoms with Crippen LogP contribution in [0, 0.1) is 10.1 Å². The number of aromatic amines is 1. The highest BCUT2D eigenvalue weighted by Crippen LogP contribution is 2.34. The smallest absolute Gasteiger partial charge is 0.326 e. The van der Waals surface area contributed by atoms with E-state index in [-0.39, 0.29) is 17.4 Å². The van der Waals surface area contributed by atoms with Crippen LogP contribution in [0.25, 0.3) is 11.0 Å². The summed E-state index contributed by atoms with van der Waals surface area (Å²) in [5.41, 5.74) is 0.679. The van der Waals surface area contributed by atoms with E-state index in [4.69, 9.17) is 4.74 Å². The molecule has 1 atom stereocenters. The normalized spacial score (nSPS) is 18.1. The van der Waals surface area contributed by atoms with Gasteiger partial charge >= 0.3 is 5.69 Å². The second-order valence-corrected chi connectivity index (χ2v) is 4.06. The van der Waals surface area contributed by atoms with Crippen LogP contribution in [0.1, 0.15) is 13.0 Å². The van der Waals surface area contributed by atoms with Crippen LogP contribution in [0.2, 0.25) is 0 Å². The number of benzene rings is 1. The molecular formula is C10H9N3O4. The maximum absolute atomic E-state index is 11.7. The minimum atomic E-state index is -0.507. The highest BCUT2D eigenvalue weighted by Gasteiger charge is 2.25. The van der Waals surface area contributed by atoms with Gasteiger partial charge in [0.1, 0.15) is 12.1 Å². The first-order valence-corrected chi connectivity index (χ1v) is 5.13. The quantitative estimate of drug-likeness (QED) is 0.593. The van der Waals surface area contributed by atoms with Gasteiger partial charge in [-0.15, -0.1) is 0 Å². The number of non-ortho nitro benzene ring substituents is 1. The van der Waals surface area contributed by atoms with Crippen molar-refractivity contribution in [2.75, 3.05) is 6.61 Å². The van der Waals surface area contributed by atoms with Crippen LogP contribution in [0.5, 0.6) is 5.75 Å². The Morgan fingerprint density at radius 3 is 3.06 bits per heavy atom. The van der Waals surface area contributed by atoms with Gasteiger partial charge in [0.05, 0.1) is 22.5 Å². The number of rotatable bonds is 1. The van der Waals surface area contributed by atoms with Crippen LogP contribution in [-0.2, 0) is 0 Å². The zero-order valence-electron chi connectivity index (χ0n) is 8.97. The molecule has 1 N–H and O–H groups in total. The summed E-state index contributed by atoms with van der Waals surface area (Å²) >= 11 is 0. The lowest BCUT2D eigenvalue weighted by Crippen LogP contribution is -2.27. The summed E-state index contributed by atoms with van der Waals surface area (Å²) in [6.45, 7) is 2.19. The van der Waals surface area contributed by atoms with Gasteiger partial charge in [-0.25, -0.2) is 4.79 Å².